The summed E-state index contributed by atoms with van der Waals surface area (Å²) in [5, 5.41) is 38.1. The van der Waals surface area contributed by atoms with Crippen molar-refractivity contribution in [3.63, 3.8) is 0 Å². The van der Waals surface area contributed by atoms with Crippen LogP contribution >= 0.6 is 10.7 Å². The summed E-state index contributed by atoms with van der Waals surface area (Å²) in [7, 11) is -4.96. The summed E-state index contributed by atoms with van der Waals surface area (Å²) in [6.45, 7) is 42.6. The predicted octanol–water partition coefficient (Wildman–Crippen LogP) is 21.2. The summed E-state index contributed by atoms with van der Waals surface area (Å²) in [5.74, 6) is 2.85. The van der Waals surface area contributed by atoms with Crippen LogP contribution in [-0.2, 0) is 109 Å². The molecule has 8 aromatic heterocycles. The number of rotatable bonds is 44. The molecule has 12 aromatic rings. The summed E-state index contributed by atoms with van der Waals surface area (Å²) in [5.41, 5.74) is 19.5. The molecule has 1 radical (unpaired) electrons. The van der Waals surface area contributed by atoms with Gasteiger partial charge in [0.05, 0.1) is 28.6 Å². The number of H-pyrrole nitrogens is 3. The van der Waals surface area contributed by atoms with E-state index >= 15 is 0 Å². The zero-order valence-electron chi connectivity index (χ0n) is 81.9. The monoisotopic (exact) mass is 2010 g/mol. The topological polar surface area (TPSA) is 407 Å². The first kappa shape index (κ1) is 113. The van der Waals surface area contributed by atoms with Crippen LogP contribution in [0.2, 0.25) is 0 Å². The van der Waals surface area contributed by atoms with Crippen LogP contribution in [-0.4, -0.2) is 163 Å². The first-order valence-corrected chi connectivity index (χ1v) is 53.4. The Labute approximate surface area is 822 Å². The fraction of sp³-hybridized carbons (Fsp3) is 0.573. The van der Waals surface area contributed by atoms with Gasteiger partial charge in [-0.25, -0.2) is 45.2 Å². The van der Waals surface area contributed by atoms with Gasteiger partial charge >= 0.3 is 11.6 Å². The summed E-state index contributed by atoms with van der Waals surface area (Å²) in [6.07, 6.45) is 28.8. The van der Waals surface area contributed by atoms with Crippen molar-refractivity contribution < 1.29 is 80.6 Å². The predicted molar refractivity (Wildman–Crippen MR) is 537 cm³/mol. The number of fused-ring (bicyclic) bond motifs is 4. The fourth-order valence-electron chi connectivity index (χ4n) is 14.1. The van der Waals surface area contributed by atoms with E-state index in [0.717, 1.165) is 130 Å². The molecule has 133 heavy (non-hydrogen) atoms. The molecule has 0 unspecified atom stereocenters. The molecule has 0 atom stereocenters. The van der Waals surface area contributed by atoms with E-state index in [9.17, 15) is 25.3 Å². The number of aromatic amines is 3. The van der Waals surface area contributed by atoms with Gasteiger partial charge in [-0.15, -0.1) is 25.0 Å². The van der Waals surface area contributed by atoms with Gasteiger partial charge in [-0.05, 0) is 150 Å². The number of hydrogen-bond acceptors (Lipinski definition) is 22. The molecule has 4 aromatic carbocycles. The summed E-state index contributed by atoms with van der Waals surface area (Å²) in [4.78, 5) is 19.2. The molecule has 0 bridgehead atoms. The van der Waals surface area contributed by atoms with Crippen molar-refractivity contribution in [3.8, 4) is 45.6 Å². The van der Waals surface area contributed by atoms with Gasteiger partial charge in [0.15, 0.2) is 45.9 Å². The first-order chi connectivity index (χ1) is 62.6. The molecule has 8 N–H and O–H groups in total. The third-order valence-electron chi connectivity index (χ3n) is 21.4. The van der Waals surface area contributed by atoms with Crippen LogP contribution in [0.25, 0.3) is 74.2 Å². The number of benzene rings is 4. The Morgan fingerprint density at radius 1 is 0.421 bits per heavy atom. The van der Waals surface area contributed by atoms with Gasteiger partial charge in [0.2, 0.25) is 29.1 Å². The van der Waals surface area contributed by atoms with E-state index in [1.54, 1.807) is 42.8 Å². The minimum atomic E-state index is -3.43. The number of nitrogens with two attached hydrogens (primary N) is 1. The van der Waals surface area contributed by atoms with E-state index in [1.807, 2.05) is 81.4 Å². The van der Waals surface area contributed by atoms with Gasteiger partial charge in [-0.1, -0.05) is 239 Å². The molecule has 731 valence electrons. The Kier molecular flexibility index (Phi) is 47.0. The van der Waals surface area contributed by atoms with E-state index in [2.05, 4.69) is 191 Å². The maximum Gasteiger partial charge on any atom is 0.335 e. The van der Waals surface area contributed by atoms with Crippen molar-refractivity contribution >= 4 is 103 Å². The van der Waals surface area contributed by atoms with Crippen LogP contribution in [0.4, 0.5) is 22.7 Å². The molecule has 0 saturated carbocycles. The van der Waals surface area contributed by atoms with Gasteiger partial charge in [-0.2, -0.15) is 27.4 Å². The van der Waals surface area contributed by atoms with E-state index in [4.69, 9.17) is 64.3 Å². The smallest absolute Gasteiger partial charge is 0.335 e. The number of nitrogen functional groups attached to an aromatic ring is 1. The van der Waals surface area contributed by atoms with Crippen LogP contribution in [0.5, 0.6) is 0 Å². The standard InChI is InChI=1S/C45H64N10O2S.C22H33N5O2S.C14H17N5.C8H17ClO2S.C7H16O3.O2S.Y/c1-9-11-13-15-17-19-29-46-34-25-21-32(22-26-34)40-47-42-36(38(44(3,4)5)49-54(42)51-40)31-37-39(45(6,7)8)50-55-43(37)48-41(52-55)33-23-27-35(28-24-33)53-58(56,57)30-20-18-16-14-12-10-2;1-5-6-7-8-9-10-15-30(28,29)26-18-13-11-17(12-14-18)21-23-20-16-19(22(2,3)4)24-27(20)25-21;1-14(2,3)11-8-12-16-13(18-19(12)17-11)9-4-6-10(15)7-5-9;1-2-3-4-5-6-7-8-12(9,10)11;1-4-8-7(9-5-2)10-6-3;1-3-2;/h21-28,31,46,50,53H,9-20,29-30H2,1-8H3;11-14,16,24,26H,5-10,15H2,1-4H3;4-8,17H,15H2,1-3H3;2-8H2,1H3;7H,4-6H2,1-3H3;;. The Hall–Kier alpha value is -8.39. The van der Waals surface area contributed by atoms with Gasteiger partial charge in [0.25, 0.3) is 6.48 Å². The number of hydrogen-bond donors (Lipinski definition) is 7. The van der Waals surface area contributed by atoms with Crippen LogP contribution in [0.3, 0.4) is 0 Å². The second-order valence-corrected chi connectivity index (χ2v) is 43.9. The number of nitrogens with zero attached hydrogens (tertiary/aromatic N) is 13. The fourth-order valence-corrected chi connectivity index (χ4v) is 17.3. The number of nitrogens with one attached hydrogen (secondary N) is 6. The van der Waals surface area contributed by atoms with E-state index in [0.29, 0.717) is 85.0 Å². The van der Waals surface area contributed by atoms with Crippen molar-refractivity contribution in [1.82, 2.24) is 79.2 Å². The SMILES string of the molecule is CC(C)(C)c1cc2nc(-c3ccc(N)cc3)nn2[nH]1.CCCCCCCCNc1ccc(-c2nc3c(=Cc4c(C(C)(C)C)[nH]n5nc(-c6ccc(NS(=O)(=O)CCCCCCCC)cc6)nc45)c(C(C)(C)C)nn3n2)cc1.CCCCCCCCS(=O)(=O)Cl.CCCCCCCCS(=O)(=O)Nc1ccc(-c2nc3cc(C(C)(C)C)[nH]n3n2)cc1.CCOC(OCC)OCC.O=S=O.[Y]. The second-order valence-electron chi connectivity index (χ2n) is 37.1. The first-order valence-electron chi connectivity index (χ1n) is 46.9. The Morgan fingerprint density at radius 2 is 0.767 bits per heavy atom. The van der Waals surface area contributed by atoms with Crippen LogP contribution in [0.1, 0.15) is 314 Å². The molecule has 0 saturated heterocycles. The van der Waals surface area contributed by atoms with E-state index in [-0.39, 0.29) is 71.6 Å². The van der Waals surface area contributed by atoms with Crippen molar-refractivity contribution in [2.75, 3.05) is 64.1 Å². The molecule has 0 aliphatic rings. The van der Waals surface area contributed by atoms with Crippen molar-refractivity contribution in [1.29, 1.82) is 0 Å². The van der Waals surface area contributed by atoms with Crippen LogP contribution < -0.4 is 25.7 Å². The minimum absolute atomic E-state index is 0. The molecule has 0 spiro atoms. The summed E-state index contributed by atoms with van der Waals surface area (Å²) in [6, 6.07) is 34.3. The molecule has 0 aliphatic heterocycles. The zero-order chi connectivity index (χ0) is 96.9. The van der Waals surface area contributed by atoms with Gasteiger partial charge in [-0.3, -0.25) is 24.7 Å². The van der Waals surface area contributed by atoms with Gasteiger partial charge in [0, 0.05) is 171 Å². The molecule has 12 rings (SSSR count). The number of aromatic nitrogens is 16. The quantitative estimate of drug-likeness (QED) is 0.00807. The minimum Gasteiger partial charge on any atom is -0.399 e. The molecular formula is C96H147ClN20O11S4Y. The number of halogens is 1. The van der Waals surface area contributed by atoms with Crippen molar-refractivity contribution in [2.24, 2.45) is 0 Å². The number of anilines is 4. The Morgan fingerprint density at radius 3 is 1.14 bits per heavy atom. The molecular weight excluding hydrogens is 1860 g/mol. The third kappa shape index (κ3) is 38.3. The summed E-state index contributed by atoms with van der Waals surface area (Å²) >= 11 is -0.750. The summed E-state index contributed by atoms with van der Waals surface area (Å²) < 4.78 is 115. The van der Waals surface area contributed by atoms with E-state index in [1.165, 1.54) is 89.9 Å². The van der Waals surface area contributed by atoms with Crippen LogP contribution in [0.15, 0.2) is 109 Å². The second kappa shape index (κ2) is 55.1. The van der Waals surface area contributed by atoms with Crippen LogP contribution in [0, 0.1) is 0 Å². The normalized spacial score (nSPS) is 12.2. The molecule has 0 amide bonds. The Bertz CT molecular complexity index is 5810. The molecule has 37 heteroatoms. The number of ether oxygens (including phenoxy) is 3. The maximum absolute atomic E-state index is 12.8. The van der Waals surface area contributed by atoms with Crippen molar-refractivity contribution in [3.05, 3.63) is 143 Å². The molecule has 0 fully saturated rings. The number of sulfonamides is 2. The molecule has 31 nitrogen and oxygen atoms in total. The maximum atomic E-state index is 12.8. The van der Waals surface area contributed by atoms with Gasteiger partial charge < -0.3 is 25.3 Å². The molecule has 8 heterocycles. The zero-order valence-corrected chi connectivity index (χ0v) is 88.8. The average Bonchev–Trinajstić information content (AvgIpc) is 1.58. The van der Waals surface area contributed by atoms with Gasteiger partial charge in [0.1, 0.15) is 0 Å². The molecule has 0 aliphatic carbocycles. The average molecular weight is 2010 g/mol. The number of unbranched alkanes of at least 4 members (excludes halogenated alkanes) is 20. The Balaban J connectivity index is 0.000000299. The van der Waals surface area contributed by atoms with E-state index < -0.39 is 47.1 Å². The largest absolute Gasteiger partial charge is 0.399 e. The van der Waals surface area contributed by atoms with Crippen molar-refractivity contribution in [2.45, 2.75) is 314 Å². The third-order valence-corrected chi connectivity index (χ3v) is 25.4.